The molecule has 0 atom stereocenters. The summed E-state index contributed by atoms with van der Waals surface area (Å²) in [6.45, 7) is 3.12. The van der Waals surface area contributed by atoms with Gasteiger partial charge in [-0.15, -0.1) is 13.2 Å². The van der Waals surface area contributed by atoms with E-state index in [1.807, 2.05) is 0 Å². The molecule has 4 rings (SSSR count). The van der Waals surface area contributed by atoms with Crippen LogP contribution in [0.3, 0.4) is 0 Å². The van der Waals surface area contributed by atoms with E-state index in [9.17, 15) is 18.0 Å². The van der Waals surface area contributed by atoms with Crippen LogP contribution in [0.4, 0.5) is 13.2 Å². The molecule has 0 aromatic heterocycles. The Morgan fingerprint density at radius 1 is 1.00 bits per heavy atom. The minimum atomic E-state index is -4.69. The summed E-state index contributed by atoms with van der Waals surface area (Å²) in [4.78, 5) is 15.1. The smallest absolute Gasteiger partial charge is 0.486 e. The minimum absolute atomic E-state index is 0.0497. The molecule has 5 nitrogen and oxygen atoms in total. The molecule has 0 radical (unpaired) electrons. The molecule has 0 amide bonds. The van der Waals surface area contributed by atoms with Crippen LogP contribution in [0, 0.1) is 5.92 Å². The SMILES string of the molecule is O=C(c1ccc2c(c1)OCCO2)C1CCN(Cc2ccc(OC(F)(F)F)cc2)CC1. The first-order valence-electron chi connectivity index (χ1n) is 9.88. The number of hydrogen-bond donors (Lipinski definition) is 0. The number of carbonyl (C=O) groups excluding carboxylic acids is 1. The third kappa shape index (κ3) is 5.05. The lowest BCUT2D eigenvalue weighted by Gasteiger charge is -2.31. The minimum Gasteiger partial charge on any atom is -0.486 e. The molecule has 160 valence electrons. The maximum atomic E-state index is 12.9. The van der Waals surface area contributed by atoms with Gasteiger partial charge in [0.2, 0.25) is 0 Å². The highest BCUT2D eigenvalue weighted by atomic mass is 19.4. The molecule has 0 saturated carbocycles. The van der Waals surface area contributed by atoms with Gasteiger partial charge >= 0.3 is 6.36 Å². The highest BCUT2D eigenvalue weighted by molar-refractivity contribution is 5.98. The fourth-order valence-electron chi connectivity index (χ4n) is 3.84. The van der Waals surface area contributed by atoms with Crippen molar-refractivity contribution in [3.05, 3.63) is 53.6 Å². The number of piperidine rings is 1. The maximum Gasteiger partial charge on any atom is 0.573 e. The summed E-state index contributed by atoms with van der Waals surface area (Å²) in [6, 6.07) is 11.2. The maximum absolute atomic E-state index is 12.9. The third-order valence-electron chi connectivity index (χ3n) is 5.35. The van der Waals surface area contributed by atoms with Crippen molar-refractivity contribution >= 4 is 5.78 Å². The van der Waals surface area contributed by atoms with Crippen molar-refractivity contribution in [3.8, 4) is 17.2 Å². The Morgan fingerprint density at radius 2 is 1.67 bits per heavy atom. The molecule has 0 spiro atoms. The zero-order valence-electron chi connectivity index (χ0n) is 16.3. The van der Waals surface area contributed by atoms with Gasteiger partial charge < -0.3 is 14.2 Å². The summed E-state index contributed by atoms with van der Waals surface area (Å²) in [7, 11) is 0. The number of Topliss-reactive ketones (excluding diaryl/α,β-unsaturated/α-hetero) is 1. The van der Waals surface area contributed by atoms with Crippen molar-refractivity contribution in [2.45, 2.75) is 25.7 Å². The second-order valence-corrected chi connectivity index (χ2v) is 7.46. The van der Waals surface area contributed by atoms with E-state index in [1.54, 1.807) is 30.3 Å². The van der Waals surface area contributed by atoms with Crippen molar-refractivity contribution < 1.29 is 32.2 Å². The standard InChI is InChI=1S/C22H22F3NO4/c23-22(24,25)30-18-4-1-15(2-5-18)14-26-9-7-16(8-10-26)21(27)17-3-6-19-20(13-17)29-12-11-28-19/h1-6,13,16H,7-12,14H2. The fourth-order valence-corrected chi connectivity index (χ4v) is 3.84. The lowest BCUT2D eigenvalue weighted by atomic mass is 9.88. The molecule has 2 aliphatic heterocycles. The highest BCUT2D eigenvalue weighted by Crippen LogP contribution is 2.33. The fraction of sp³-hybridized carbons (Fsp3) is 0.409. The van der Waals surface area contributed by atoms with Gasteiger partial charge in [-0.1, -0.05) is 12.1 Å². The zero-order valence-corrected chi connectivity index (χ0v) is 16.3. The lowest BCUT2D eigenvalue weighted by molar-refractivity contribution is -0.274. The van der Waals surface area contributed by atoms with Gasteiger partial charge in [-0.05, 0) is 61.8 Å². The van der Waals surface area contributed by atoms with Gasteiger partial charge in [-0.2, -0.15) is 0 Å². The molecule has 0 aliphatic carbocycles. The van der Waals surface area contributed by atoms with Gasteiger partial charge in [0.1, 0.15) is 19.0 Å². The third-order valence-corrected chi connectivity index (χ3v) is 5.35. The number of rotatable bonds is 5. The molecule has 0 bridgehead atoms. The van der Waals surface area contributed by atoms with Gasteiger partial charge in [0.05, 0.1) is 0 Å². The van der Waals surface area contributed by atoms with E-state index in [4.69, 9.17) is 9.47 Å². The van der Waals surface area contributed by atoms with Crippen LogP contribution in [0.2, 0.25) is 0 Å². The number of ketones is 1. The van der Waals surface area contributed by atoms with Crippen molar-refractivity contribution in [1.82, 2.24) is 4.90 Å². The summed E-state index contributed by atoms with van der Waals surface area (Å²) in [5.74, 6) is 1.11. The molecule has 2 aromatic carbocycles. The normalized spacial score (nSPS) is 17.6. The summed E-state index contributed by atoms with van der Waals surface area (Å²) in [6.07, 6.45) is -3.21. The van der Waals surface area contributed by atoms with E-state index in [-0.39, 0.29) is 17.5 Å². The monoisotopic (exact) mass is 421 g/mol. The van der Waals surface area contributed by atoms with E-state index in [1.165, 1.54) is 12.1 Å². The average molecular weight is 421 g/mol. The van der Waals surface area contributed by atoms with Crippen molar-refractivity contribution in [2.24, 2.45) is 5.92 Å². The summed E-state index contributed by atoms with van der Waals surface area (Å²) < 4.78 is 51.7. The average Bonchev–Trinajstić information content (AvgIpc) is 2.74. The first kappa shape index (κ1) is 20.5. The molecule has 1 fully saturated rings. The largest absolute Gasteiger partial charge is 0.573 e. The molecule has 2 aromatic rings. The Hall–Kier alpha value is -2.74. The van der Waals surface area contributed by atoms with Crippen LogP contribution in [0.1, 0.15) is 28.8 Å². The summed E-state index contributed by atoms with van der Waals surface area (Å²) >= 11 is 0. The predicted octanol–water partition coefficient (Wildman–Crippen LogP) is 4.45. The Morgan fingerprint density at radius 3 is 2.33 bits per heavy atom. The van der Waals surface area contributed by atoms with Crippen LogP contribution >= 0.6 is 0 Å². The van der Waals surface area contributed by atoms with Gasteiger partial charge in [0.25, 0.3) is 0 Å². The summed E-state index contributed by atoms with van der Waals surface area (Å²) in [5, 5.41) is 0. The number of nitrogens with zero attached hydrogens (tertiary/aromatic N) is 1. The van der Waals surface area contributed by atoms with Crippen LogP contribution in [0.15, 0.2) is 42.5 Å². The number of hydrogen-bond acceptors (Lipinski definition) is 5. The Balaban J connectivity index is 1.30. The molecular weight excluding hydrogens is 399 g/mol. The zero-order chi connectivity index (χ0) is 21.1. The Labute approximate surface area is 172 Å². The van der Waals surface area contributed by atoms with E-state index >= 15 is 0 Å². The first-order valence-corrected chi connectivity index (χ1v) is 9.88. The molecule has 2 heterocycles. The van der Waals surface area contributed by atoms with E-state index in [0.717, 1.165) is 31.5 Å². The number of likely N-dealkylation sites (tertiary alicyclic amines) is 1. The number of fused-ring (bicyclic) bond motifs is 1. The molecule has 30 heavy (non-hydrogen) atoms. The van der Waals surface area contributed by atoms with Gasteiger partial charge in [0.15, 0.2) is 17.3 Å². The number of ether oxygens (including phenoxy) is 3. The van der Waals surface area contributed by atoms with E-state index < -0.39 is 6.36 Å². The van der Waals surface area contributed by atoms with Crippen LogP contribution in [0.25, 0.3) is 0 Å². The van der Waals surface area contributed by atoms with Crippen molar-refractivity contribution in [3.63, 3.8) is 0 Å². The van der Waals surface area contributed by atoms with Crippen molar-refractivity contribution in [1.29, 1.82) is 0 Å². The van der Waals surface area contributed by atoms with E-state index in [2.05, 4.69) is 9.64 Å². The second kappa shape index (κ2) is 8.55. The molecule has 2 aliphatic rings. The number of carbonyl (C=O) groups is 1. The molecular formula is C22H22F3NO4. The van der Waals surface area contributed by atoms with Crippen LogP contribution in [-0.2, 0) is 6.54 Å². The Kier molecular flexibility index (Phi) is 5.85. The van der Waals surface area contributed by atoms with Gasteiger partial charge in [-0.3, -0.25) is 9.69 Å². The number of benzene rings is 2. The van der Waals surface area contributed by atoms with Crippen molar-refractivity contribution in [2.75, 3.05) is 26.3 Å². The van der Waals surface area contributed by atoms with Crippen LogP contribution < -0.4 is 14.2 Å². The molecule has 8 heteroatoms. The summed E-state index contributed by atoms with van der Waals surface area (Å²) in [5.41, 5.74) is 1.54. The second-order valence-electron chi connectivity index (χ2n) is 7.46. The lowest BCUT2D eigenvalue weighted by Crippen LogP contribution is -2.36. The quantitative estimate of drug-likeness (QED) is 0.668. The molecule has 1 saturated heterocycles. The van der Waals surface area contributed by atoms with Gasteiger partial charge in [0, 0.05) is 18.0 Å². The van der Waals surface area contributed by atoms with Gasteiger partial charge in [-0.25, -0.2) is 0 Å². The topological polar surface area (TPSA) is 48.0 Å². The molecule has 0 unspecified atom stereocenters. The number of alkyl halides is 3. The molecule has 0 N–H and O–H groups in total. The van der Waals surface area contributed by atoms with Crippen LogP contribution in [-0.4, -0.2) is 43.3 Å². The number of halogens is 3. The van der Waals surface area contributed by atoms with Crippen LogP contribution in [0.5, 0.6) is 17.2 Å². The Bertz CT molecular complexity index is 890. The highest BCUT2D eigenvalue weighted by Gasteiger charge is 2.31. The van der Waals surface area contributed by atoms with E-state index in [0.29, 0.717) is 36.8 Å². The predicted molar refractivity (Wildman–Crippen MR) is 103 cm³/mol. The first-order chi connectivity index (χ1) is 14.4.